The lowest BCUT2D eigenvalue weighted by atomic mass is 10.0. The van der Waals surface area contributed by atoms with E-state index in [9.17, 15) is 14.6 Å². The molecule has 2 aromatic rings. The standard InChI is InChI=1S/C12H11O3P.C3H9N/c13-11-7-3-1-5-9(11)10-6-2-4-8-12(10)16(14)15;1-3(2)4/h1-8,13,16H,(H,14,15);3H,4H2,1-2H3. The van der Waals surface area contributed by atoms with E-state index in [1.165, 1.54) is 0 Å². The van der Waals surface area contributed by atoms with Gasteiger partial charge in [-0.3, -0.25) is 4.57 Å². The summed E-state index contributed by atoms with van der Waals surface area (Å²) in [4.78, 5) is 9.22. The first-order chi connectivity index (χ1) is 9.43. The van der Waals surface area contributed by atoms with E-state index in [1.54, 1.807) is 48.5 Å². The number of benzene rings is 2. The normalized spacial score (nSPS) is 11.7. The SMILES string of the molecule is CC(C)N.O=[PH](O)c1ccccc1-c1ccccc1O. The zero-order valence-electron chi connectivity index (χ0n) is 11.6. The van der Waals surface area contributed by atoms with E-state index in [2.05, 4.69) is 0 Å². The first-order valence-electron chi connectivity index (χ1n) is 6.29. The van der Waals surface area contributed by atoms with Crippen molar-refractivity contribution in [1.29, 1.82) is 0 Å². The van der Waals surface area contributed by atoms with Gasteiger partial charge in [-0.25, -0.2) is 0 Å². The molecular weight excluding hydrogens is 273 g/mol. The minimum atomic E-state index is -2.77. The van der Waals surface area contributed by atoms with E-state index in [-0.39, 0.29) is 5.75 Å². The van der Waals surface area contributed by atoms with Gasteiger partial charge >= 0.3 is 0 Å². The molecule has 0 saturated heterocycles. The fourth-order valence-electron chi connectivity index (χ4n) is 1.61. The molecule has 0 aliphatic rings. The lowest BCUT2D eigenvalue weighted by molar-refractivity contribution is 0.477. The van der Waals surface area contributed by atoms with Gasteiger partial charge in [0.2, 0.25) is 8.03 Å². The van der Waals surface area contributed by atoms with Gasteiger partial charge in [0.15, 0.2) is 0 Å². The van der Waals surface area contributed by atoms with Gasteiger partial charge in [-0.05, 0) is 23.7 Å². The summed E-state index contributed by atoms with van der Waals surface area (Å²) in [6.07, 6.45) is 0. The van der Waals surface area contributed by atoms with Crippen molar-refractivity contribution in [2.75, 3.05) is 0 Å². The molecule has 4 N–H and O–H groups in total. The monoisotopic (exact) mass is 293 g/mol. The summed E-state index contributed by atoms with van der Waals surface area (Å²) in [5, 5.41) is 10.1. The molecule has 0 amide bonds. The van der Waals surface area contributed by atoms with Crippen LogP contribution in [0.25, 0.3) is 11.1 Å². The van der Waals surface area contributed by atoms with Crippen molar-refractivity contribution in [1.82, 2.24) is 0 Å². The maximum absolute atomic E-state index is 11.2. The molecule has 0 aliphatic heterocycles. The third-order valence-electron chi connectivity index (χ3n) is 2.35. The van der Waals surface area contributed by atoms with E-state index in [0.29, 0.717) is 22.5 Å². The van der Waals surface area contributed by atoms with Crippen LogP contribution in [-0.4, -0.2) is 16.0 Å². The highest BCUT2D eigenvalue weighted by atomic mass is 31.1. The Hall–Kier alpha value is -1.61. The molecule has 0 aliphatic carbocycles. The summed E-state index contributed by atoms with van der Waals surface area (Å²) in [5.41, 5.74) is 6.29. The van der Waals surface area contributed by atoms with Crippen LogP contribution in [0.15, 0.2) is 48.5 Å². The van der Waals surface area contributed by atoms with E-state index in [1.807, 2.05) is 13.8 Å². The molecule has 0 saturated carbocycles. The number of hydrogen-bond acceptors (Lipinski definition) is 3. The smallest absolute Gasteiger partial charge is 0.218 e. The Morgan fingerprint density at radius 1 is 1.00 bits per heavy atom. The molecule has 0 bridgehead atoms. The Kier molecular flexibility index (Phi) is 6.46. The fourth-order valence-corrected chi connectivity index (χ4v) is 2.29. The summed E-state index contributed by atoms with van der Waals surface area (Å²) in [6.45, 7) is 3.89. The van der Waals surface area contributed by atoms with Crippen LogP contribution in [0.5, 0.6) is 5.75 Å². The Bertz CT molecular complexity index is 582. The van der Waals surface area contributed by atoms with Crippen molar-refractivity contribution in [2.45, 2.75) is 19.9 Å². The molecule has 20 heavy (non-hydrogen) atoms. The first-order valence-corrected chi connectivity index (χ1v) is 7.65. The molecule has 0 fully saturated rings. The second-order valence-electron chi connectivity index (χ2n) is 4.61. The van der Waals surface area contributed by atoms with Crippen LogP contribution in [0.1, 0.15) is 13.8 Å². The fraction of sp³-hybridized carbons (Fsp3) is 0.200. The molecule has 0 heterocycles. The number of para-hydroxylation sites is 1. The minimum Gasteiger partial charge on any atom is -0.507 e. The van der Waals surface area contributed by atoms with Gasteiger partial charge in [-0.15, -0.1) is 0 Å². The first kappa shape index (κ1) is 16.4. The van der Waals surface area contributed by atoms with Gasteiger partial charge in [0.05, 0.1) is 0 Å². The van der Waals surface area contributed by atoms with Crippen LogP contribution in [0, 0.1) is 0 Å². The molecule has 2 rings (SSSR count). The summed E-state index contributed by atoms with van der Waals surface area (Å²) in [7, 11) is -2.77. The highest BCUT2D eigenvalue weighted by Gasteiger charge is 2.10. The summed E-state index contributed by atoms with van der Waals surface area (Å²) in [5.74, 6) is 0.109. The van der Waals surface area contributed by atoms with Crippen LogP contribution in [-0.2, 0) is 4.57 Å². The maximum atomic E-state index is 11.2. The van der Waals surface area contributed by atoms with Gasteiger partial charge in [-0.2, -0.15) is 0 Å². The zero-order valence-corrected chi connectivity index (χ0v) is 12.6. The van der Waals surface area contributed by atoms with Gasteiger partial charge in [0.1, 0.15) is 5.75 Å². The Morgan fingerprint density at radius 3 is 1.95 bits per heavy atom. The van der Waals surface area contributed by atoms with Crippen LogP contribution >= 0.6 is 8.03 Å². The predicted molar refractivity (Wildman–Crippen MR) is 83.7 cm³/mol. The number of phenols is 1. The largest absolute Gasteiger partial charge is 0.507 e. The van der Waals surface area contributed by atoms with E-state index in [4.69, 9.17) is 5.73 Å². The lowest BCUT2D eigenvalue weighted by Crippen LogP contribution is -2.06. The average molecular weight is 293 g/mol. The third-order valence-corrected chi connectivity index (χ3v) is 3.25. The molecule has 2 aromatic carbocycles. The Morgan fingerprint density at radius 2 is 1.45 bits per heavy atom. The maximum Gasteiger partial charge on any atom is 0.218 e. The number of rotatable bonds is 2. The third kappa shape index (κ3) is 4.82. The van der Waals surface area contributed by atoms with Crippen LogP contribution < -0.4 is 11.0 Å². The second kappa shape index (κ2) is 7.85. The van der Waals surface area contributed by atoms with Crippen molar-refractivity contribution < 1.29 is 14.6 Å². The molecule has 108 valence electrons. The van der Waals surface area contributed by atoms with Crippen LogP contribution in [0.2, 0.25) is 0 Å². The molecule has 5 heteroatoms. The highest BCUT2D eigenvalue weighted by molar-refractivity contribution is 7.47. The zero-order chi connectivity index (χ0) is 15.1. The Balaban J connectivity index is 0.000000444. The topological polar surface area (TPSA) is 83.6 Å². The van der Waals surface area contributed by atoms with Crippen LogP contribution in [0.4, 0.5) is 0 Å². The molecule has 0 spiro atoms. The van der Waals surface area contributed by atoms with Gasteiger partial charge in [0, 0.05) is 10.9 Å². The van der Waals surface area contributed by atoms with E-state index in [0.717, 1.165) is 0 Å². The van der Waals surface area contributed by atoms with Gasteiger partial charge in [-0.1, -0.05) is 50.2 Å². The molecular formula is C15H20NO3P. The molecule has 0 aromatic heterocycles. The van der Waals surface area contributed by atoms with Crippen molar-refractivity contribution in [3.05, 3.63) is 48.5 Å². The van der Waals surface area contributed by atoms with E-state index < -0.39 is 8.03 Å². The predicted octanol–water partition coefficient (Wildman–Crippen LogP) is 2.51. The number of hydrogen-bond donors (Lipinski definition) is 3. The number of aromatic hydroxyl groups is 1. The Labute approximate surface area is 119 Å². The highest BCUT2D eigenvalue weighted by Crippen LogP contribution is 2.31. The quantitative estimate of drug-likeness (QED) is 0.743. The lowest BCUT2D eigenvalue weighted by Gasteiger charge is -2.08. The minimum absolute atomic E-state index is 0.109. The summed E-state index contributed by atoms with van der Waals surface area (Å²) >= 11 is 0. The van der Waals surface area contributed by atoms with Crippen molar-refractivity contribution in [2.24, 2.45) is 5.73 Å². The number of nitrogens with two attached hydrogens (primary N) is 1. The number of phenolic OH excluding ortho intramolecular Hbond substituents is 1. The van der Waals surface area contributed by atoms with Crippen molar-refractivity contribution >= 4 is 13.3 Å². The van der Waals surface area contributed by atoms with Crippen molar-refractivity contribution in [3.63, 3.8) is 0 Å². The second-order valence-corrected chi connectivity index (χ2v) is 5.76. The molecule has 1 atom stereocenters. The molecule has 0 radical (unpaired) electrons. The van der Waals surface area contributed by atoms with Crippen LogP contribution in [0.3, 0.4) is 0 Å². The summed E-state index contributed by atoms with van der Waals surface area (Å²) < 4.78 is 11.2. The average Bonchev–Trinajstić information content (AvgIpc) is 2.38. The molecule has 1 unspecified atom stereocenters. The summed E-state index contributed by atoms with van der Waals surface area (Å²) in [6, 6.07) is 13.9. The molecule has 4 nitrogen and oxygen atoms in total. The van der Waals surface area contributed by atoms with Gasteiger partial charge < -0.3 is 15.7 Å². The van der Waals surface area contributed by atoms with Crippen molar-refractivity contribution in [3.8, 4) is 16.9 Å². The van der Waals surface area contributed by atoms with E-state index >= 15 is 0 Å². The van der Waals surface area contributed by atoms with Gasteiger partial charge in [0.25, 0.3) is 0 Å².